The third kappa shape index (κ3) is 4.02. The molecule has 0 spiro atoms. The van der Waals surface area contributed by atoms with Gasteiger partial charge in [0.1, 0.15) is 0 Å². The van der Waals surface area contributed by atoms with Gasteiger partial charge in [-0.2, -0.15) is 16.4 Å². The number of thiophene rings is 1. The summed E-state index contributed by atoms with van der Waals surface area (Å²) in [5.41, 5.74) is 4.07. The Hall–Kier alpha value is -3.76. The minimum atomic E-state index is -3.26. The lowest BCUT2D eigenvalue weighted by Gasteiger charge is -2.12. The largest absolute Gasteiger partial charge is 0.493 e. The first kappa shape index (κ1) is 22.1. The molecule has 2 aromatic carbocycles. The van der Waals surface area contributed by atoms with Gasteiger partial charge in [-0.1, -0.05) is 12.1 Å². The molecule has 0 fully saturated rings. The Morgan fingerprint density at radius 3 is 2.29 bits per heavy atom. The van der Waals surface area contributed by atoms with Gasteiger partial charge in [0, 0.05) is 40.4 Å². The van der Waals surface area contributed by atoms with E-state index in [1.165, 1.54) is 6.26 Å². The van der Waals surface area contributed by atoms with Crippen LogP contribution in [0.15, 0.2) is 70.5 Å². The van der Waals surface area contributed by atoms with Gasteiger partial charge in [-0.05, 0) is 35.2 Å². The Labute approximate surface area is 200 Å². The second-order valence-electron chi connectivity index (χ2n) is 7.58. The highest BCUT2D eigenvalue weighted by Crippen LogP contribution is 2.36. The fourth-order valence-electron chi connectivity index (χ4n) is 3.64. The SMILES string of the molecule is COc1cc2nc(-n3cc(-c4ccc(S(C)(=O)=O)cc4)cn3)nc(-c3ccsc3)c2cc1OC. The van der Waals surface area contributed by atoms with Gasteiger partial charge < -0.3 is 9.47 Å². The third-order valence-electron chi connectivity index (χ3n) is 5.39. The quantitative estimate of drug-likeness (QED) is 0.341. The first-order valence-electron chi connectivity index (χ1n) is 10.2. The van der Waals surface area contributed by atoms with Crippen LogP contribution in [-0.2, 0) is 9.84 Å². The van der Waals surface area contributed by atoms with E-state index < -0.39 is 9.84 Å². The molecule has 0 atom stereocenters. The highest BCUT2D eigenvalue weighted by atomic mass is 32.2. The average Bonchev–Trinajstić information content (AvgIpc) is 3.55. The van der Waals surface area contributed by atoms with E-state index in [1.807, 2.05) is 35.2 Å². The highest BCUT2D eigenvalue weighted by molar-refractivity contribution is 7.90. The van der Waals surface area contributed by atoms with Crippen molar-refractivity contribution in [3.63, 3.8) is 0 Å². The van der Waals surface area contributed by atoms with Crippen molar-refractivity contribution in [3.05, 3.63) is 65.6 Å². The number of rotatable bonds is 6. The zero-order valence-electron chi connectivity index (χ0n) is 18.6. The van der Waals surface area contributed by atoms with Crippen molar-refractivity contribution in [2.24, 2.45) is 0 Å². The van der Waals surface area contributed by atoms with Crippen molar-refractivity contribution in [2.75, 3.05) is 20.5 Å². The number of fused-ring (bicyclic) bond motifs is 1. The molecule has 0 amide bonds. The van der Waals surface area contributed by atoms with Crippen LogP contribution in [0.1, 0.15) is 0 Å². The number of ether oxygens (including phenoxy) is 2. The summed E-state index contributed by atoms with van der Waals surface area (Å²) in [5.74, 6) is 1.57. The number of benzene rings is 2. The summed E-state index contributed by atoms with van der Waals surface area (Å²) in [5, 5.41) is 9.32. The van der Waals surface area contributed by atoms with Gasteiger partial charge >= 0.3 is 0 Å². The van der Waals surface area contributed by atoms with E-state index >= 15 is 0 Å². The molecule has 0 aliphatic carbocycles. The summed E-state index contributed by atoms with van der Waals surface area (Å²) in [6.07, 6.45) is 4.70. The summed E-state index contributed by atoms with van der Waals surface area (Å²) in [6, 6.07) is 12.4. The maximum absolute atomic E-state index is 11.7. The molecule has 0 bridgehead atoms. The van der Waals surface area contributed by atoms with Crippen molar-refractivity contribution in [1.29, 1.82) is 0 Å². The zero-order chi connectivity index (χ0) is 23.9. The molecule has 172 valence electrons. The number of sulfone groups is 1. The fraction of sp³-hybridized carbons (Fsp3) is 0.125. The Morgan fingerprint density at radius 2 is 1.65 bits per heavy atom. The van der Waals surface area contributed by atoms with Crippen molar-refractivity contribution in [1.82, 2.24) is 19.7 Å². The fourth-order valence-corrected chi connectivity index (χ4v) is 4.91. The Bertz CT molecular complexity index is 1590. The molecule has 0 unspecified atom stereocenters. The normalized spacial score (nSPS) is 11.6. The minimum absolute atomic E-state index is 0.270. The van der Waals surface area contributed by atoms with Gasteiger partial charge in [0.05, 0.1) is 36.5 Å². The van der Waals surface area contributed by atoms with Crippen LogP contribution < -0.4 is 9.47 Å². The molecular formula is C24H20N4O4S2. The molecule has 0 saturated carbocycles. The second-order valence-corrected chi connectivity index (χ2v) is 10.4. The maximum Gasteiger partial charge on any atom is 0.251 e. The van der Waals surface area contributed by atoms with Gasteiger partial charge in [0.15, 0.2) is 21.3 Å². The smallest absolute Gasteiger partial charge is 0.251 e. The second kappa shape index (κ2) is 8.54. The summed E-state index contributed by atoms with van der Waals surface area (Å²) in [4.78, 5) is 9.82. The van der Waals surface area contributed by atoms with E-state index in [0.29, 0.717) is 23.0 Å². The Kier molecular flexibility index (Phi) is 5.54. The predicted molar refractivity (Wildman–Crippen MR) is 132 cm³/mol. The Balaban J connectivity index is 1.63. The van der Waals surface area contributed by atoms with Gasteiger partial charge in [0.25, 0.3) is 5.95 Å². The van der Waals surface area contributed by atoms with Crippen LogP contribution in [0.5, 0.6) is 11.5 Å². The highest BCUT2D eigenvalue weighted by Gasteiger charge is 2.17. The zero-order valence-corrected chi connectivity index (χ0v) is 20.2. The van der Waals surface area contributed by atoms with Crippen LogP contribution in [0.3, 0.4) is 0 Å². The summed E-state index contributed by atoms with van der Waals surface area (Å²) in [7, 11) is -0.0788. The molecule has 8 nitrogen and oxygen atoms in total. The molecule has 3 aromatic heterocycles. The molecule has 0 aliphatic heterocycles. The minimum Gasteiger partial charge on any atom is -0.493 e. The van der Waals surface area contributed by atoms with Crippen LogP contribution in [0.25, 0.3) is 39.2 Å². The summed E-state index contributed by atoms with van der Waals surface area (Å²) in [6.45, 7) is 0. The predicted octanol–water partition coefficient (Wildman–Crippen LogP) is 4.63. The van der Waals surface area contributed by atoms with Gasteiger partial charge in [-0.15, -0.1) is 0 Å². The van der Waals surface area contributed by atoms with E-state index in [9.17, 15) is 8.42 Å². The lowest BCUT2D eigenvalue weighted by Crippen LogP contribution is -2.04. The molecule has 0 saturated heterocycles. The van der Waals surface area contributed by atoms with E-state index in [2.05, 4.69) is 5.10 Å². The average molecular weight is 493 g/mol. The van der Waals surface area contributed by atoms with Crippen molar-refractivity contribution in [3.8, 4) is 39.8 Å². The topological polar surface area (TPSA) is 96.2 Å². The molecular weight excluding hydrogens is 472 g/mol. The van der Waals surface area contributed by atoms with Crippen LogP contribution in [0.4, 0.5) is 0 Å². The number of methoxy groups -OCH3 is 2. The van der Waals surface area contributed by atoms with Gasteiger partial charge in [0.2, 0.25) is 0 Å². The lowest BCUT2D eigenvalue weighted by atomic mass is 10.1. The third-order valence-corrected chi connectivity index (χ3v) is 7.20. The number of aromatic nitrogens is 4. The molecule has 3 heterocycles. The van der Waals surface area contributed by atoms with E-state index in [0.717, 1.165) is 27.8 Å². The molecule has 0 aliphatic rings. The molecule has 5 rings (SSSR count). The molecule has 34 heavy (non-hydrogen) atoms. The number of nitrogens with zero attached hydrogens (tertiary/aromatic N) is 4. The van der Waals surface area contributed by atoms with E-state index in [-0.39, 0.29) is 4.90 Å². The number of hydrogen-bond donors (Lipinski definition) is 0. The molecule has 5 aromatic rings. The first-order valence-corrected chi connectivity index (χ1v) is 13.0. The maximum atomic E-state index is 11.7. The van der Waals surface area contributed by atoms with Crippen LogP contribution in [0.2, 0.25) is 0 Å². The van der Waals surface area contributed by atoms with Crippen LogP contribution >= 0.6 is 11.3 Å². The van der Waals surface area contributed by atoms with Crippen molar-refractivity contribution >= 4 is 32.1 Å². The first-order chi connectivity index (χ1) is 16.4. The van der Waals surface area contributed by atoms with E-state index in [4.69, 9.17) is 19.4 Å². The van der Waals surface area contributed by atoms with Crippen LogP contribution in [0, 0.1) is 0 Å². The van der Waals surface area contributed by atoms with Gasteiger partial charge in [-0.3, -0.25) is 0 Å². The molecule has 10 heteroatoms. The standard InChI is InChI=1S/C24H20N4O4S2/c1-31-21-10-19-20(11-22(21)32-2)26-24(27-23(19)16-8-9-33-14-16)28-13-17(12-25-28)15-4-6-18(7-5-15)34(3,29)30/h4-14H,1-3H3. The summed E-state index contributed by atoms with van der Waals surface area (Å²) >= 11 is 1.58. The van der Waals surface area contributed by atoms with E-state index in [1.54, 1.807) is 60.7 Å². The van der Waals surface area contributed by atoms with Gasteiger partial charge in [-0.25, -0.2) is 23.1 Å². The van der Waals surface area contributed by atoms with Crippen molar-refractivity contribution in [2.45, 2.75) is 4.90 Å². The molecule has 0 N–H and O–H groups in total. The molecule has 0 radical (unpaired) electrons. The van der Waals surface area contributed by atoms with Crippen molar-refractivity contribution < 1.29 is 17.9 Å². The monoisotopic (exact) mass is 492 g/mol. The summed E-state index contributed by atoms with van der Waals surface area (Å²) < 4.78 is 36.0. The Morgan fingerprint density at radius 1 is 0.912 bits per heavy atom. The number of hydrogen-bond acceptors (Lipinski definition) is 8. The van der Waals surface area contributed by atoms with Crippen LogP contribution in [-0.4, -0.2) is 48.6 Å². The lowest BCUT2D eigenvalue weighted by molar-refractivity contribution is 0.356.